The number of methoxy groups -OCH3 is 2. The number of benzene rings is 2. The zero-order valence-corrected chi connectivity index (χ0v) is 14.0. The van der Waals surface area contributed by atoms with Gasteiger partial charge in [-0.3, -0.25) is 0 Å². The molecule has 0 amide bonds. The van der Waals surface area contributed by atoms with E-state index in [9.17, 15) is 0 Å². The van der Waals surface area contributed by atoms with Crippen molar-refractivity contribution in [2.45, 2.75) is 34.1 Å². The van der Waals surface area contributed by atoms with E-state index in [2.05, 4.69) is 52.0 Å². The molecular formula is C19H26O2. The van der Waals surface area contributed by atoms with E-state index in [0.29, 0.717) is 0 Å². The van der Waals surface area contributed by atoms with Crippen molar-refractivity contribution >= 4 is 0 Å². The minimum atomic E-state index is 0.873. The Labute approximate surface area is 128 Å². The van der Waals surface area contributed by atoms with E-state index in [1.165, 1.54) is 28.7 Å². The topological polar surface area (TPSA) is 18.5 Å². The molecule has 2 aromatic rings. The van der Waals surface area contributed by atoms with Crippen LogP contribution in [-0.2, 0) is 0 Å². The van der Waals surface area contributed by atoms with Crippen molar-refractivity contribution in [3.63, 3.8) is 0 Å². The maximum atomic E-state index is 5.30. The molecule has 0 heterocycles. The molecule has 0 fully saturated rings. The summed E-state index contributed by atoms with van der Waals surface area (Å²) in [7, 11) is 3.37. The first-order valence-electron chi connectivity index (χ1n) is 7.37. The molecule has 2 aromatic carbocycles. The lowest BCUT2D eigenvalue weighted by atomic mass is 9.96. The third-order valence-corrected chi connectivity index (χ3v) is 3.18. The second-order valence-corrected chi connectivity index (χ2v) is 5.07. The molecule has 2 heteroatoms. The average molecular weight is 286 g/mol. The predicted octanol–water partition coefficient (Wildman–Crippen LogP) is 5.40. The normalized spacial score (nSPS) is 9.62. The van der Waals surface area contributed by atoms with Gasteiger partial charge in [-0.15, -0.1) is 0 Å². The van der Waals surface area contributed by atoms with Gasteiger partial charge in [0.15, 0.2) is 0 Å². The van der Waals surface area contributed by atoms with Crippen LogP contribution in [0.25, 0.3) is 11.1 Å². The van der Waals surface area contributed by atoms with Crippen LogP contribution in [0.3, 0.4) is 0 Å². The fraction of sp³-hybridized carbons (Fsp3) is 0.368. The van der Waals surface area contributed by atoms with Crippen molar-refractivity contribution in [1.82, 2.24) is 0 Å². The second-order valence-electron chi connectivity index (χ2n) is 5.07. The zero-order chi connectivity index (χ0) is 15.8. The van der Waals surface area contributed by atoms with E-state index in [1.54, 1.807) is 14.2 Å². The van der Waals surface area contributed by atoms with Crippen molar-refractivity contribution < 1.29 is 9.47 Å². The summed E-state index contributed by atoms with van der Waals surface area (Å²) in [6.45, 7) is 8.46. The third-order valence-electron chi connectivity index (χ3n) is 3.18. The molecule has 21 heavy (non-hydrogen) atoms. The number of rotatable bonds is 3. The minimum Gasteiger partial charge on any atom is -0.497 e. The van der Waals surface area contributed by atoms with Gasteiger partial charge in [-0.25, -0.2) is 0 Å². The van der Waals surface area contributed by atoms with Crippen LogP contribution in [0.4, 0.5) is 0 Å². The van der Waals surface area contributed by atoms with Gasteiger partial charge >= 0.3 is 0 Å². The summed E-state index contributed by atoms with van der Waals surface area (Å²) >= 11 is 0. The summed E-state index contributed by atoms with van der Waals surface area (Å²) in [5.74, 6) is 1.75. The molecular weight excluding hydrogens is 260 g/mol. The Morgan fingerprint density at radius 3 is 1.33 bits per heavy atom. The van der Waals surface area contributed by atoms with Gasteiger partial charge in [0.05, 0.1) is 14.2 Å². The first kappa shape index (κ1) is 17.1. The van der Waals surface area contributed by atoms with Gasteiger partial charge in [0.1, 0.15) is 11.5 Å². The van der Waals surface area contributed by atoms with Gasteiger partial charge in [-0.05, 0) is 60.4 Å². The molecule has 0 saturated heterocycles. The van der Waals surface area contributed by atoms with Crippen molar-refractivity contribution in [3.8, 4) is 22.6 Å². The smallest absolute Gasteiger partial charge is 0.119 e. The van der Waals surface area contributed by atoms with Crippen LogP contribution < -0.4 is 9.47 Å². The predicted molar refractivity (Wildman–Crippen MR) is 90.4 cm³/mol. The van der Waals surface area contributed by atoms with Crippen molar-refractivity contribution in [2.24, 2.45) is 0 Å². The fourth-order valence-electron chi connectivity index (χ4n) is 2.04. The lowest BCUT2D eigenvalue weighted by Gasteiger charge is -2.12. The van der Waals surface area contributed by atoms with E-state index < -0.39 is 0 Å². The maximum absolute atomic E-state index is 5.30. The van der Waals surface area contributed by atoms with Gasteiger partial charge < -0.3 is 9.47 Å². The number of ether oxygens (including phenoxy) is 2. The van der Waals surface area contributed by atoms with Crippen LogP contribution in [-0.4, -0.2) is 14.2 Å². The van der Waals surface area contributed by atoms with Crippen LogP contribution >= 0.6 is 0 Å². The molecule has 0 aromatic heterocycles. The van der Waals surface area contributed by atoms with E-state index in [-0.39, 0.29) is 0 Å². The van der Waals surface area contributed by atoms with Crippen LogP contribution in [0.2, 0.25) is 0 Å². The average Bonchev–Trinajstić information content (AvgIpc) is 2.49. The first-order valence-corrected chi connectivity index (χ1v) is 7.37. The molecule has 0 aliphatic rings. The SMILES string of the molecule is CCC.COc1ccc(C)c(-c2cc(OC)ccc2C)c1. The molecule has 0 radical (unpaired) electrons. The minimum absolute atomic E-state index is 0.873. The van der Waals surface area contributed by atoms with Crippen LogP contribution in [0.15, 0.2) is 36.4 Å². The highest BCUT2D eigenvalue weighted by Gasteiger charge is 2.08. The highest BCUT2D eigenvalue weighted by atomic mass is 16.5. The summed E-state index contributed by atoms with van der Waals surface area (Å²) in [5, 5.41) is 0. The van der Waals surface area contributed by atoms with Gasteiger partial charge in [0, 0.05) is 0 Å². The molecule has 0 N–H and O–H groups in total. The maximum Gasteiger partial charge on any atom is 0.119 e. The number of hydrogen-bond acceptors (Lipinski definition) is 2. The lowest BCUT2D eigenvalue weighted by molar-refractivity contribution is 0.414. The van der Waals surface area contributed by atoms with Gasteiger partial charge in [-0.1, -0.05) is 32.4 Å². The van der Waals surface area contributed by atoms with E-state index in [4.69, 9.17) is 9.47 Å². The molecule has 2 rings (SSSR count). The zero-order valence-electron chi connectivity index (χ0n) is 14.0. The van der Waals surface area contributed by atoms with Crippen LogP contribution in [0, 0.1) is 13.8 Å². The number of aryl methyl sites for hydroxylation is 2. The fourth-order valence-corrected chi connectivity index (χ4v) is 2.04. The number of hydrogen-bond donors (Lipinski definition) is 0. The highest BCUT2D eigenvalue weighted by molar-refractivity contribution is 5.73. The van der Waals surface area contributed by atoms with Gasteiger partial charge in [0.2, 0.25) is 0 Å². The van der Waals surface area contributed by atoms with E-state index in [1.807, 2.05) is 12.1 Å². The molecule has 114 valence electrons. The second kappa shape index (κ2) is 8.35. The summed E-state index contributed by atoms with van der Waals surface area (Å²) in [4.78, 5) is 0. The summed E-state index contributed by atoms with van der Waals surface area (Å²) < 4.78 is 10.6. The lowest BCUT2D eigenvalue weighted by Crippen LogP contribution is -1.91. The standard InChI is InChI=1S/C16H18O2.C3H8/c1-11-5-7-13(17-3)9-15(11)16-10-14(18-4)8-6-12(16)2;1-3-2/h5-10H,1-4H3;3H2,1-2H3. The molecule has 0 atom stereocenters. The Hall–Kier alpha value is -1.96. The van der Waals surface area contributed by atoms with E-state index >= 15 is 0 Å². The van der Waals surface area contributed by atoms with Gasteiger partial charge in [0.25, 0.3) is 0 Å². The third kappa shape index (κ3) is 4.52. The largest absolute Gasteiger partial charge is 0.497 e. The molecule has 0 unspecified atom stereocenters. The van der Waals surface area contributed by atoms with Crippen molar-refractivity contribution in [3.05, 3.63) is 47.5 Å². The summed E-state index contributed by atoms with van der Waals surface area (Å²) in [6, 6.07) is 12.2. The molecule has 0 aliphatic carbocycles. The Bertz CT molecular complexity index is 522. The van der Waals surface area contributed by atoms with E-state index in [0.717, 1.165) is 11.5 Å². The Kier molecular flexibility index (Phi) is 6.80. The molecule has 0 bridgehead atoms. The summed E-state index contributed by atoms with van der Waals surface area (Å²) in [6.07, 6.45) is 1.25. The quantitative estimate of drug-likeness (QED) is 0.751. The van der Waals surface area contributed by atoms with Crippen LogP contribution in [0.5, 0.6) is 11.5 Å². The Balaban J connectivity index is 0.000000677. The van der Waals surface area contributed by atoms with Crippen LogP contribution in [0.1, 0.15) is 31.4 Å². The first-order chi connectivity index (χ1) is 10.1. The monoisotopic (exact) mass is 286 g/mol. The van der Waals surface area contributed by atoms with Crippen molar-refractivity contribution in [2.75, 3.05) is 14.2 Å². The molecule has 2 nitrogen and oxygen atoms in total. The summed E-state index contributed by atoms with van der Waals surface area (Å²) in [5.41, 5.74) is 4.83. The highest BCUT2D eigenvalue weighted by Crippen LogP contribution is 2.32. The van der Waals surface area contributed by atoms with Crippen molar-refractivity contribution in [1.29, 1.82) is 0 Å². The molecule has 0 aliphatic heterocycles. The molecule has 0 spiro atoms. The molecule has 0 saturated carbocycles. The van der Waals surface area contributed by atoms with Gasteiger partial charge in [-0.2, -0.15) is 0 Å². The Morgan fingerprint density at radius 2 is 1.05 bits per heavy atom. The Morgan fingerprint density at radius 1 is 0.714 bits per heavy atom.